The van der Waals surface area contributed by atoms with E-state index in [0.717, 1.165) is 47.3 Å². The number of piperidine rings is 1. The van der Waals surface area contributed by atoms with Gasteiger partial charge in [0.15, 0.2) is 5.60 Å². The van der Waals surface area contributed by atoms with Crippen LogP contribution >= 0.6 is 15.9 Å². The standard InChI is InChI=1S/C39H44BrN5O5/c1-27(8-5-14-35(47)42-21-7-13-32(42)25-46)39(50)33-23-29(40)15-16-34(33)43(37(39)49)24-28-9-6-12-31(22-28)44-26-45(30-10-3-2-4-11-30)38(36(44)48)17-19-41-20-18-38/h2-6,8-12,15-16,22-23,27,32,41,46,50H,7,13-14,17-21,24-26H2,1H3/b8-5+/t27-,32-,39+/m0/s1. The number of halogens is 1. The summed E-state index contributed by atoms with van der Waals surface area (Å²) in [5.74, 6) is -1.07. The first-order valence-corrected chi connectivity index (χ1v) is 18.3. The third kappa shape index (κ3) is 5.93. The minimum Gasteiger partial charge on any atom is -0.394 e. The number of hydrogen-bond donors (Lipinski definition) is 3. The van der Waals surface area contributed by atoms with Crippen molar-refractivity contribution in [3.63, 3.8) is 0 Å². The lowest BCUT2D eigenvalue weighted by Gasteiger charge is -2.39. The van der Waals surface area contributed by atoms with Gasteiger partial charge in [-0.25, -0.2) is 0 Å². The van der Waals surface area contributed by atoms with E-state index in [1.54, 1.807) is 34.9 Å². The maximum Gasteiger partial charge on any atom is 0.264 e. The Morgan fingerprint density at radius 1 is 1.02 bits per heavy atom. The molecule has 3 aromatic rings. The zero-order valence-corrected chi connectivity index (χ0v) is 29.9. The summed E-state index contributed by atoms with van der Waals surface area (Å²) in [5, 5.41) is 25.2. The maximum atomic E-state index is 14.3. The Morgan fingerprint density at radius 3 is 2.54 bits per heavy atom. The van der Waals surface area contributed by atoms with E-state index in [1.165, 1.54) is 0 Å². The fourth-order valence-corrected chi connectivity index (χ4v) is 8.59. The Morgan fingerprint density at radius 2 is 1.78 bits per heavy atom. The van der Waals surface area contributed by atoms with Gasteiger partial charge in [0.1, 0.15) is 5.54 Å². The number of aliphatic hydroxyl groups is 2. The molecule has 3 fully saturated rings. The van der Waals surface area contributed by atoms with Gasteiger partial charge in [0.2, 0.25) is 5.91 Å². The molecule has 3 amide bonds. The van der Waals surface area contributed by atoms with Crippen LogP contribution in [0.15, 0.2) is 89.4 Å². The lowest BCUT2D eigenvalue weighted by molar-refractivity contribution is -0.139. The molecule has 262 valence electrons. The average Bonchev–Trinajstić information content (AvgIpc) is 3.79. The van der Waals surface area contributed by atoms with Crippen LogP contribution in [0, 0.1) is 5.92 Å². The molecule has 0 bridgehead atoms. The second-order valence-corrected chi connectivity index (χ2v) is 14.8. The number of para-hydroxylation sites is 1. The summed E-state index contributed by atoms with van der Waals surface area (Å²) in [5.41, 5.74) is 1.26. The van der Waals surface area contributed by atoms with Crippen LogP contribution in [0.25, 0.3) is 0 Å². The first-order valence-electron chi connectivity index (χ1n) is 17.5. The van der Waals surface area contributed by atoms with Gasteiger partial charge < -0.3 is 30.2 Å². The quantitative estimate of drug-likeness (QED) is 0.273. The maximum absolute atomic E-state index is 14.3. The number of aliphatic hydroxyl groups excluding tert-OH is 1. The predicted octanol–water partition coefficient (Wildman–Crippen LogP) is 4.68. The number of nitrogens with one attached hydrogen (secondary N) is 1. The van der Waals surface area contributed by atoms with Crippen molar-refractivity contribution < 1.29 is 24.6 Å². The summed E-state index contributed by atoms with van der Waals surface area (Å²) in [6.45, 7) is 4.53. The van der Waals surface area contributed by atoms with Gasteiger partial charge in [0.25, 0.3) is 11.8 Å². The van der Waals surface area contributed by atoms with Crippen LogP contribution in [-0.2, 0) is 26.5 Å². The normalized spacial score (nSPS) is 23.8. The van der Waals surface area contributed by atoms with Crippen LogP contribution in [-0.4, -0.2) is 77.3 Å². The van der Waals surface area contributed by atoms with Gasteiger partial charge in [-0.1, -0.05) is 65.3 Å². The summed E-state index contributed by atoms with van der Waals surface area (Å²) in [6, 6.07) is 23.2. The van der Waals surface area contributed by atoms with Crippen molar-refractivity contribution in [1.82, 2.24) is 10.2 Å². The Hall–Kier alpha value is -4.03. The summed E-state index contributed by atoms with van der Waals surface area (Å²) < 4.78 is 0.740. The van der Waals surface area contributed by atoms with Crippen LogP contribution < -0.4 is 20.0 Å². The molecule has 4 heterocycles. The second kappa shape index (κ2) is 13.9. The molecule has 3 saturated heterocycles. The highest BCUT2D eigenvalue weighted by Crippen LogP contribution is 2.47. The minimum absolute atomic E-state index is 0.0521. The van der Waals surface area contributed by atoms with Gasteiger partial charge in [0.05, 0.1) is 31.5 Å². The largest absolute Gasteiger partial charge is 0.394 e. The fraction of sp³-hybridized carbons (Fsp3) is 0.410. The molecule has 50 heavy (non-hydrogen) atoms. The monoisotopic (exact) mass is 741 g/mol. The number of fused-ring (bicyclic) bond motifs is 1. The van der Waals surface area contributed by atoms with Gasteiger partial charge in [-0.2, -0.15) is 0 Å². The molecule has 0 radical (unpaired) electrons. The highest BCUT2D eigenvalue weighted by Gasteiger charge is 2.54. The summed E-state index contributed by atoms with van der Waals surface area (Å²) >= 11 is 3.52. The Balaban J connectivity index is 1.13. The first-order chi connectivity index (χ1) is 24.2. The summed E-state index contributed by atoms with van der Waals surface area (Å²) in [4.78, 5) is 48.8. The van der Waals surface area contributed by atoms with Gasteiger partial charge >= 0.3 is 0 Å². The number of benzene rings is 3. The van der Waals surface area contributed by atoms with Crippen molar-refractivity contribution in [3.8, 4) is 0 Å². The topological polar surface area (TPSA) is 117 Å². The number of nitrogens with zero attached hydrogens (tertiary/aromatic N) is 4. The third-order valence-electron chi connectivity index (χ3n) is 11.0. The van der Waals surface area contributed by atoms with E-state index in [2.05, 4.69) is 38.3 Å². The van der Waals surface area contributed by atoms with Crippen LogP contribution in [0.3, 0.4) is 0 Å². The van der Waals surface area contributed by atoms with Gasteiger partial charge in [-0.3, -0.25) is 19.3 Å². The average molecular weight is 743 g/mol. The van der Waals surface area contributed by atoms with E-state index >= 15 is 0 Å². The molecule has 0 aliphatic carbocycles. The predicted molar refractivity (Wildman–Crippen MR) is 197 cm³/mol. The molecular weight excluding hydrogens is 698 g/mol. The Labute approximate surface area is 301 Å². The molecule has 3 atom stereocenters. The van der Waals surface area contributed by atoms with Gasteiger partial charge in [-0.05, 0) is 86.8 Å². The van der Waals surface area contributed by atoms with Crippen molar-refractivity contribution in [1.29, 1.82) is 0 Å². The molecular formula is C39H44BrN5O5. The molecule has 11 heteroatoms. The molecule has 3 N–H and O–H groups in total. The molecule has 0 aromatic heterocycles. The number of amides is 3. The Kier molecular flexibility index (Phi) is 9.60. The first kappa shape index (κ1) is 34.4. The van der Waals surface area contributed by atoms with E-state index < -0.39 is 23.0 Å². The number of carbonyl (C=O) groups is 3. The molecule has 4 aliphatic heterocycles. The van der Waals surface area contributed by atoms with Crippen molar-refractivity contribution in [2.75, 3.05) is 47.6 Å². The summed E-state index contributed by atoms with van der Waals surface area (Å²) in [7, 11) is 0. The lowest BCUT2D eigenvalue weighted by Crippen LogP contribution is -2.55. The van der Waals surface area contributed by atoms with Crippen LogP contribution in [0.1, 0.15) is 50.2 Å². The molecule has 10 nitrogen and oxygen atoms in total. The highest BCUT2D eigenvalue weighted by molar-refractivity contribution is 9.10. The number of rotatable bonds is 9. The van der Waals surface area contributed by atoms with Crippen LogP contribution in [0.4, 0.5) is 17.1 Å². The Bertz CT molecular complexity index is 1800. The lowest BCUT2D eigenvalue weighted by atomic mass is 9.83. The van der Waals surface area contributed by atoms with Gasteiger partial charge in [0, 0.05) is 40.3 Å². The van der Waals surface area contributed by atoms with E-state index in [4.69, 9.17) is 0 Å². The number of likely N-dealkylation sites (tertiary alicyclic amines) is 1. The zero-order valence-electron chi connectivity index (χ0n) is 28.3. The number of hydrogen-bond acceptors (Lipinski definition) is 7. The summed E-state index contributed by atoms with van der Waals surface area (Å²) in [6.07, 6.45) is 6.67. The van der Waals surface area contributed by atoms with E-state index in [9.17, 15) is 24.6 Å². The molecule has 0 saturated carbocycles. The minimum atomic E-state index is -1.85. The number of carbonyl (C=O) groups excluding carboxylic acids is 3. The SMILES string of the molecule is C[C@@H](/C=C/CC(=O)N1CCC[C@H]1CO)[C@]1(O)C(=O)N(Cc2cccc(N3CN(c4ccccc4)C4(CCNCC4)C3=O)c2)c2ccc(Br)cc21. The third-order valence-corrected chi connectivity index (χ3v) is 11.5. The van der Waals surface area contributed by atoms with E-state index in [1.807, 2.05) is 59.5 Å². The van der Waals surface area contributed by atoms with E-state index in [0.29, 0.717) is 37.3 Å². The van der Waals surface area contributed by atoms with Crippen molar-refractivity contribution in [3.05, 3.63) is 101 Å². The van der Waals surface area contributed by atoms with Crippen molar-refractivity contribution in [2.45, 2.75) is 62.8 Å². The van der Waals surface area contributed by atoms with Crippen LogP contribution in [0.2, 0.25) is 0 Å². The molecule has 1 spiro atoms. The zero-order chi connectivity index (χ0) is 35.0. The molecule has 3 aromatic carbocycles. The smallest absolute Gasteiger partial charge is 0.264 e. The van der Waals surface area contributed by atoms with Crippen LogP contribution in [0.5, 0.6) is 0 Å². The highest BCUT2D eigenvalue weighted by atomic mass is 79.9. The molecule has 0 unspecified atom stereocenters. The van der Waals surface area contributed by atoms with Gasteiger partial charge in [-0.15, -0.1) is 0 Å². The van der Waals surface area contributed by atoms with Crippen molar-refractivity contribution in [2.24, 2.45) is 5.92 Å². The van der Waals surface area contributed by atoms with E-state index in [-0.39, 0.29) is 37.4 Å². The fourth-order valence-electron chi connectivity index (χ4n) is 8.23. The second-order valence-electron chi connectivity index (χ2n) is 13.9. The molecule has 7 rings (SSSR count). The number of anilines is 3. The van der Waals surface area contributed by atoms with Crippen molar-refractivity contribution >= 4 is 50.7 Å². The molecule has 4 aliphatic rings.